The summed E-state index contributed by atoms with van der Waals surface area (Å²) in [4.78, 5) is 11.6. The van der Waals surface area contributed by atoms with Crippen molar-refractivity contribution in [2.75, 3.05) is 23.7 Å². The molecule has 0 saturated carbocycles. The third-order valence-electron chi connectivity index (χ3n) is 4.47. The first-order chi connectivity index (χ1) is 9.40. The van der Waals surface area contributed by atoms with E-state index in [1.807, 2.05) is 6.92 Å². The summed E-state index contributed by atoms with van der Waals surface area (Å²) < 4.78 is 0. The van der Waals surface area contributed by atoms with Crippen molar-refractivity contribution in [3.05, 3.63) is 11.4 Å². The number of nitrogen functional groups attached to an aromatic ring is 1. The molecule has 4 heteroatoms. The van der Waals surface area contributed by atoms with Crippen molar-refractivity contribution in [2.45, 2.75) is 53.4 Å². The van der Waals surface area contributed by atoms with E-state index < -0.39 is 0 Å². The maximum atomic E-state index is 6.06. The van der Waals surface area contributed by atoms with Crippen LogP contribution in [0.3, 0.4) is 0 Å². The highest BCUT2D eigenvalue weighted by molar-refractivity contribution is 5.56. The van der Waals surface area contributed by atoms with Gasteiger partial charge in [0.2, 0.25) is 0 Å². The molecule has 112 valence electrons. The minimum Gasteiger partial charge on any atom is -0.383 e. The Morgan fingerprint density at radius 3 is 2.20 bits per heavy atom. The molecule has 2 heterocycles. The lowest BCUT2D eigenvalue weighted by molar-refractivity contribution is 0.310. The van der Waals surface area contributed by atoms with E-state index in [4.69, 9.17) is 10.7 Å². The van der Waals surface area contributed by atoms with Crippen molar-refractivity contribution >= 4 is 11.6 Å². The number of hydrogen-bond acceptors (Lipinski definition) is 4. The summed E-state index contributed by atoms with van der Waals surface area (Å²) in [5, 5.41) is 0. The van der Waals surface area contributed by atoms with Gasteiger partial charge in [-0.1, -0.05) is 27.7 Å². The summed E-state index contributed by atoms with van der Waals surface area (Å²) in [6.07, 6.45) is 2.50. The van der Waals surface area contributed by atoms with Gasteiger partial charge in [-0.2, -0.15) is 0 Å². The first-order valence-corrected chi connectivity index (χ1v) is 7.79. The van der Waals surface area contributed by atoms with Gasteiger partial charge in [-0.3, -0.25) is 0 Å². The lowest BCUT2D eigenvalue weighted by atomic mass is 9.86. The standard InChI is InChI=1S/C16H28N4/c1-10(2)13-6-8-20(9-7-13)16-12(5)14(17)18-15(19-16)11(3)4/h10-11,13H,6-9H2,1-5H3,(H2,17,18,19). The molecule has 0 atom stereocenters. The van der Waals surface area contributed by atoms with Crippen LogP contribution < -0.4 is 10.6 Å². The maximum absolute atomic E-state index is 6.06. The molecule has 1 aromatic rings. The average Bonchev–Trinajstić information content (AvgIpc) is 2.41. The van der Waals surface area contributed by atoms with E-state index in [9.17, 15) is 0 Å². The topological polar surface area (TPSA) is 55.0 Å². The normalized spacial score (nSPS) is 17.2. The number of piperidine rings is 1. The number of nitrogens with zero attached hydrogens (tertiary/aromatic N) is 3. The van der Waals surface area contributed by atoms with E-state index in [1.165, 1.54) is 12.8 Å². The molecule has 0 aliphatic carbocycles. The molecule has 4 nitrogen and oxygen atoms in total. The van der Waals surface area contributed by atoms with Crippen molar-refractivity contribution < 1.29 is 0 Å². The van der Waals surface area contributed by atoms with Gasteiger partial charge in [0.1, 0.15) is 17.5 Å². The largest absolute Gasteiger partial charge is 0.383 e. The number of anilines is 2. The van der Waals surface area contributed by atoms with Gasteiger partial charge in [-0.25, -0.2) is 9.97 Å². The lowest BCUT2D eigenvalue weighted by Gasteiger charge is -2.35. The first-order valence-electron chi connectivity index (χ1n) is 7.79. The molecule has 0 spiro atoms. The molecule has 1 aromatic heterocycles. The van der Waals surface area contributed by atoms with E-state index in [0.29, 0.717) is 11.7 Å². The molecular formula is C16H28N4. The molecular weight excluding hydrogens is 248 g/mol. The van der Waals surface area contributed by atoms with Gasteiger partial charge >= 0.3 is 0 Å². The van der Waals surface area contributed by atoms with Crippen molar-refractivity contribution in [3.8, 4) is 0 Å². The van der Waals surface area contributed by atoms with Crippen LogP contribution in [0, 0.1) is 18.8 Å². The molecule has 2 N–H and O–H groups in total. The summed E-state index contributed by atoms with van der Waals surface area (Å²) in [5.74, 6) is 4.46. The summed E-state index contributed by atoms with van der Waals surface area (Å²) in [6, 6.07) is 0. The fourth-order valence-corrected chi connectivity index (χ4v) is 2.88. The van der Waals surface area contributed by atoms with E-state index in [2.05, 4.69) is 37.6 Å². The minimum absolute atomic E-state index is 0.310. The van der Waals surface area contributed by atoms with Crippen molar-refractivity contribution in [3.63, 3.8) is 0 Å². The molecule has 0 aromatic carbocycles. The number of aromatic nitrogens is 2. The van der Waals surface area contributed by atoms with E-state index in [-0.39, 0.29) is 0 Å². The highest BCUT2D eigenvalue weighted by Crippen LogP contribution is 2.30. The number of hydrogen-bond donors (Lipinski definition) is 1. The predicted octanol–water partition coefficient (Wildman–Crippen LogP) is 3.36. The fraction of sp³-hybridized carbons (Fsp3) is 0.750. The summed E-state index contributed by atoms with van der Waals surface area (Å²) in [7, 11) is 0. The average molecular weight is 276 g/mol. The van der Waals surface area contributed by atoms with Crippen LogP contribution >= 0.6 is 0 Å². The van der Waals surface area contributed by atoms with E-state index in [1.54, 1.807) is 0 Å². The van der Waals surface area contributed by atoms with Crippen molar-refractivity contribution in [2.24, 2.45) is 11.8 Å². The van der Waals surface area contributed by atoms with Crippen LogP contribution in [0.5, 0.6) is 0 Å². The Kier molecular flexibility index (Phi) is 4.51. The van der Waals surface area contributed by atoms with Gasteiger partial charge in [0.05, 0.1) is 0 Å². The Morgan fingerprint density at radius 2 is 1.70 bits per heavy atom. The predicted molar refractivity (Wildman–Crippen MR) is 85.0 cm³/mol. The second kappa shape index (κ2) is 5.98. The highest BCUT2D eigenvalue weighted by Gasteiger charge is 2.24. The Balaban J connectivity index is 2.21. The Hall–Kier alpha value is -1.32. The number of rotatable bonds is 3. The molecule has 1 aliphatic rings. The highest BCUT2D eigenvalue weighted by atomic mass is 15.2. The van der Waals surface area contributed by atoms with Gasteiger partial charge in [-0.15, -0.1) is 0 Å². The molecule has 20 heavy (non-hydrogen) atoms. The van der Waals surface area contributed by atoms with Gasteiger partial charge in [0.15, 0.2) is 0 Å². The summed E-state index contributed by atoms with van der Waals surface area (Å²) >= 11 is 0. The Bertz CT molecular complexity index is 460. The molecule has 0 bridgehead atoms. The molecule has 0 unspecified atom stereocenters. The van der Waals surface area contributed by atoms with Crippen LogP contribution in [0.15, 0.2) is 0 Å². The van der Waals surface area contributed by atoms with Crippen LogP contribution in [-0.2, 0) is 0 Å². The third-order valence-corrected chi connectivity index (χ3v) is 4.47. The summed E-state index contributed by atoms with van der Waals surface area (Å²) in [6.45, 7) is 13.1. The monoisotopic (exact) mass is 276 g/mol. The molecule has 0 radical (unpaired) electrons. The van der Waals surface area contributed by atoms with Crippen LogP contribution in [0.1, 0.15) is 57.8 Å². The SMILES string of the molecule is Cc1c(N)nc(C(C)C)nc1N1CCC(C(C)C)CC1. The van der Waals surface area contributed by atoms with Crippen LogP contribution in [0.2, 0.25) is 0 Å². The van der Waals surface area contributed by atoms with Crippen LogP contribution in [0.25, 0.3) is 0 Å². The quantitative estimate of drug-likeness (QED) is 0.919. The van der Waals surface area contributed by atoms with Crippen molar-refractivity contribution in [1.29, 1.82) is 0 Å². The maximum Gasteiger partial charge on any atom is 0.137 e. The van der Waals surface area contributed by atoms with Crippen LogP contribution in [0.4, 0.5) is 11.6 Å². The Morgan fingerprint density at radius 1 is 1.10 bits per heavy atom. The van der Waals surface area contributed by atoms with E-state index >= 15 is 0 Å². The van der Waals surface area contributed by atoms with Gasteiger partial charge < -0.3 is 10.6 Å². The van der Waals surface area contributed by atoms with Crippen LogP contribution in [-0.4, -0.2) is 23.1 Å². The molecule has 1 saturated heterocycles. The Labute approximate surface area is 122 Å². The fourth-order valence-electron chi connectivity index (χ4n) is 2.88. The zero-order valence-electron chi connectivity index (χ0n) is 13.5. The van der Waals surface area contributed by atoms with Gasteiger partial charge in [0, 0.05) is 24.6 Å². The van der Waals surface area contributed by atoms with Gasteiger partial charge in [0.25, 0.3) is 0 Å². The van der Waals surface area contributed by atoms with Crippen molar-refractivity contribution in [1.82, 2.24) is 9.97 Å². The zero-order chi connectivity index (χ0) is 14.9. The summed E-state index contributed by atoms with van der Waals surface area (Å²) in [5.41, 5.74) is 7.09. The smallest absolute Gasteiger partial charge is 0.137 e. The molecule has 0 amide bonds. The van der Waals surface area contributed by atoms with E-state index in [0.717, 1.165) is 42.1 Å². The number of nitrogens with two attached hydrogens (primary N) is 1. The first kappa shape index (κ1) is 15.1. The third kappa shape index (κ3) is 3.05. The second-order valence-corrected chi connectivity index (χ2v) is 6.64. The lowest BCUT2D eigenvalue weighted by Crippen LogP contribution is -2.36. The molecule has 2 rings (SSSR count). The zero-order valence-corrected chi connectivity index (χ0v) is 13.5. The van der Waals surface area contributed by atoms with Gasteiger partial charge in [-0.05, 0) is 31.6 Å². The second-order valence-electron chi connectivity index (χ2n) is 6.64. The minimum atomic E-state index is 0.310. The molecule has 1 aliphatic heterocycles. The molecule has 1 fully saturated rings.